The zero-order chi connectivity index (χ0) is 14.6. The van der Waals surface area contributed by atoms with Crippen LogP contribution in [0.15, 0.2) is 34.5 Å². The third-order valence-electron chi connectivity index (χ3n) is 2.76. The highest BCUT2D eigenvalue weighted by atomic mass is 32.2. The third kappa shape index (κ3) is 4.62. The van der Waals surface area contributed by atoms with Gasteiger partial charge < -0.3 is 5.32 Å². The molecule has 2 aromatic rings. The summed E-state index contributed by atoms with van der Waals surface area (Å²) in [5.74, 6) is 1.11. The minimum atomic E-state index is 0.128. The van der Waals surface area contributed by atoms with E-state index in [0.29, 0.717) is 0 Å². The van der Waals surface area contributed by atoms with Crippen molar-refractivity contribution in [3.8, 4) is 10.6 Å². The van der Waals surface area contributed by atoms with Crippen LogP contribution in [-0.2, 0) is 6.54 Å². The van der Waals surface area contributed by atoms with Crippen LogP contribution in [0, 0.1) is 0 Å². The molecule has 0 fully saturated rings. The minimum Gasteiger partial charge on any atom is -0.306 e. The fourth-order valence-electron chi connectivity index (χ4n) is 1.74. The molecule has 0 aliphatic heterocycles. The number of thioether (sulfide) groups is 1. The van der Waals surface area contributed by atoms with Crippen LogP contribution in [0.5, 0.6) is 0 Å². The summed E-state index contributed by atoms with van der Waals surface area (Å²) in [6, 6.07) is 8.69. The average molecular weight is 306 g/mol. The van der Waals surface area contributed by atoms with Crippen molar-refractivity contribution in [1.82, 2.24) is 10.3 Å². The number of benzene rings is 1. The average Bonchev–Trinajstić information content (AvgIpc) is 2.86. The summed E-state index contributed by atoms with van der Waals surface area (Å²) in [5.41, 5.74) is 2.45. The molecule has 0 saturated carbocycles. The lowest BCUT2D eigenvalue weighted by Crippen LogP contribution is -2.35. The molecule has 0 atom stereocenters. The van der Waals surface area contributed by atoms with Crippen molar-refractivity contribution in [2.45, 2.75) is 44.7 Å². The zero-order valence-corrected chi connectivity index (χ0v) is 14.2. The first-order valence-corrected chi connectivity index (χ1v) is 8.77. The van der Waals surface area contributed by atoms with Gasteiger partial charge in [0.05, 0.1) is 5.69 Å². The van der Waals surface area contributed by atoms with E-state index in [9.17, 15) is 0 Å². The zero-order valence-electron chi connectivity index (χ0n) is 12.6. The predicted molar refractivity (Wildman–Crippen MR) is 90.5 cm³/mol. The van der Waals surface area contributed by atoms with Crippen molar-refractivity contribution < 1.29 is 0 Å². The van der Waals surface area contributed by atoms with Gasteiger partial charge in [0.1, 0.15) is 5.01 Å². The van der Waals surface area contributed by atoms with Crippen LogP contribution >= 0.6 is 23.1 Å². The molecule has 2 rings (SSSR count). The quantitative estimate of drug-likeness (QED) is 0.802. The van der Waals surface area contributed by atoms with Crippen molar-refractivity contribution in [3.63, 3.8) is 0 Å². The fraction of sp³-hybridized carbons (Fsp3) is 0.438. The topological polar surface area (TPSA) is 24.9 Å². The molecule has 1 aromatic heterocycles. The summed E-state index contributed by atoms with van der Waals surface area (Å²) >= 11 is 3.58. The SMILES string of the molecule is CCSc1ccc(-c2nc(CNC(C)(C)C)cs2)cc1. The van der Waals surface area contributed by atoms with Gasteiger partial charge in [0.2, 0.25) is 0 Å². The first-order chi connectivity index (χ1) is 9.48. The molecular formula is C16H22N2S2. The van der Waals surface area contributed by atoms with Crippen molar-refractivity contribution in [2.75, 3.05) is 5.75 Å². The van der Waals surface area contributed by atoms with Crippen molar-refractivity contribution in [2.24, 2.45) is 0 Å². The smallest absolute Gasteiger partial charge is 0.123 e. The van der Waals surface area contributed by atoms with Crippen LogP contribution in [0.2, 0.25) is 0 Å². The van der Waals surface area contributed by atoms with Gasteiger partial charge in [-0.15, -0.1) is 23.1 Å². The molecule has 0 unspecified atom stereocenters. The highest BCUT2D eigenvalue weighted by Crippen LogP contribution is 2.26. The van der Waals surface area contributed by atoms with E-state index in [1.165, 1.54) is 10.5 Å². The molecule has 20 heavy (non-hydrogen) atoms. The molecule has 1 aromatic carbocycles. The van der Waals surface area contributed by atoms with E-state index in [0.717, 1.165) is 23.0 Å². The van der Waals surface area contributed by atoms with Crippen LogP contribution in [0.4, 0.5) is 0 Å². The Morgan fingerprint density at radius 2 is 1.90 bits per heavy atom. The number of thiazole rings is 1. The molecule has 0 spiro atoms. The van der Waals surface area contributed by atoms with E-state index < -0.39 is 0 Å². The molecule has 2 nitrogen and oxygen atoms in total. The van der Waals surface area contributed by atoms with Gasteiger partial charge in [0, 0.05) is 27.9 Å². The molecule has 0 saturated heterocycles. The van der Waals surface area contributed by atoms with Gasteiger partial charge in [-0.3, -0.25) is 0 Å². The first kappa shape index (κ1) is 15.5. The predicted octanol–water partition coefficient (Wildman–Crippen LogP) is 4.81. The van der Waals surface area contributed by atoms with Crippen molar-refractivity contribution >= 4 is 23.1 Å². The number of aromatic nitrogens is 1. The maximum absolute atomic E-state index is 4.71. The van der Waals surface area contributed by atoms with Crippen molar-refractivity contribution in [1.29, 1.82) is 0 Å². The molecule has 0 aliphatic carbocycles. The largest absolute Gasteiger partial charge is 0.306 e. The number of nitrogens with zero attached hydrogens (tertiary/aromatic N) is 1. The summed E-state index contributed by atoms with van der Waals surface area (Å²) in [7, 11) is 0. The number of hydrogen-bond acceptors (Lipinski definition) is 4. The van der Waals surface area contributed by atoms with E-state index in [-0.39, 0.29) is 5.54 Å². The van der Waals surface area contributed by atoms with Gasteiger partial charge in [-0.1, -0.05) is 19.1 Å². The monoisotopic (exact) mass is 306 g/mol. The third-order valence-corrected chi connectivity index (χ3v) is 4.60. The fourth-order valence-corrected chi connectivity index (χ4v) is 3.22. The molecule has 0 radical (unpaired) electrons. The van der Waals surface area contributed by atoms with E-state index in [1.54, 1.807) is 11.3 Å². The highest BCUT2D eigenvalue weighted by molar-refractivity contribution is 7.99. The Bertz CT molecular complexity index is 538. The second-order valence-electron chi connectivity index (χ2n) is 5.70. The highest BCUT2D eigenvalue weighted by Gasteiger charge is 2.10. The van der Waals surface area contributed by atoms with E-state index in [4.69, 9.17) is 4.98 Å². The Hall–Kier alpha value is -0.840. The molecular weight excluding hydrogens is 284 g/mol. The van der Waals surface area contributed by atoms with Crippen LogP contribution < -0.4 is 5.32 Å². The number of nitrogens with one attached hydrogen (secondary N) is 1. The van der Waals surface area contributed by atoms with E-state index in [2.05, 4.69) is 62.7 Å². The summed E-state index contributed by atoms with van der Waals surface area (Å²) < 4.78 is 0. The molecule has 0 amide bonds. The molecule has 1 heterocycles. The van der Waals surface area contributed by atoms with Gasteiger partial charge >= 0.3 is 0 Å². The second-order valence-corrected chi connectivity index (χ2v) is 7.90. The van der Waals surface area contributed by atoms with Crippen molar-refractivity contribution in [3.05, 3.63) is 35.3 Å². The van der Waals surface area contributed by atoms with Gasteiger partial charge in [-0.25, -0.2) is 4.98 Å². The van der Waals surface area contributed by atoms with Gasteiger partial charge in [-0.05, 0) is 38.7 Å². The summed E-state index contributed by atoms with van der Waals surface area (Å²) in [6.45, 7) is 9.51. The minimum absolute atomic E-state index is 0.128. The number of rotatable bonds is 5. The maximum atomic E-state index is 4.71. The summed E-state index contributed by atoms with van der Waals surface area (Å²) in [4.78, 5) is 6.03. The number of hydrogen-bond donors (Lipinski definition) is 1. The normalized spacial score (nSPS) is 11.8. The Balaban J connectivity index is 2.04. The van der Waals surface area contributed by atoms with Gasteiger partial charge in [0.15, 0.2) is 0 Å². The van der Waals surface area contributed by atoms with Gasteiger partial charge in [0.25, 0.3) is 0 Å². The van der Waals surface area contributed by atoms with Crippen LogP contribution in [-0.4, -0.2) is 16.3 Å². The van der Waals surface area contributed by atoms with Crippen LogP contribution in [0.1, 0.15) is 33.4 Å². The van der Waals surface area contributed by atoms with E-state index >= 15 is 0 Å². The molecule has 108 valence electrons. The molecule has 0 bridgehead atoms. The molecule has 4 heteroatoms. The standard InChI is InChI=1S/C16H22N2S2/c1-5-19-14-8-6-12(7-9-14)15-18-13(11-20-15)10-17-16(2,3)4/h6-9,11,17H,5,10H2,1-4H3. The lowest BCUT2D eigenvalue weighted by Gasteiger charge is -2.19. The molecule has 1 N–H and O–H groups in total. The first-order valence-electron chi connectivity index (χ1n) is 6.90. The second kappa shape index (κ2) is 6.74. The summed E-state index contributed by atoms with van der Waals surface area (Å²) in [6.07, 6.45) is 0. The Kier molecular flexibility index (Phi) is 5.24. The van der Waals surface area contributed by atoms with Gasteiger partial charge in [-0.2, -0.15) is 0 Å². The van der Waals surface area contributed by atoms with E-state index in [1.807, 2.05) is 11.8 Å². The Morgan fingerprint density at radius 3 is 2.50 bits per heavy atom. The lowest BCUT2D eigenvalue weighted by atomic mass is 10.1. The maximum Gasteiger partial charge on any atom is 0.123 e. The van der Waals surface area contributed by atoms with Crippen LogP contribution in [0.25, 0.3) is 10.6 Å². The lowest BCUT2D eigenvalue weighted by molar-refractivity contribution is 0.422. The Labute approximate surface area is 130 Å². The van der Waals surface area contributed by atoms with Crippen LogP contribution in [0.3, 0.4) is 0 Å². The molecule has 0 aliphatic rings. The summed E-state index contributed by atoms with van der Waals surface area (Å²) in [5, 5.41) is 6.71. The Morgan fingerprint density at radius 1 is 1.20 bits per heavy atom.